The molecule has 1 N–H and O–H groups in total. The molecule has 0 aliphatic carbocycles. The summed E-state index contributed by atoms with van der Waals surface area (Å²) in [5, 5.41) is 3.09. The summed E-state index contributed by atoms with van der Waals surface area (Å²) in [6.07, 6.45) is 6.48. The second kappa shape index (κ2) is 10.9. The van der Waals surface area contributed by atoms with Gasteiger partial charge >= 0.3 is 0 Å². The van der Waals surface area contributed by atoms with E-state index in [9.17, 15) is 4.79 Å². The minimum absolute atomic E-state index is 0.122. The quantitative estimate of drug-likeness (QED) is 0.586. The number of rotatable bonds is 8. The molecule has 3 aromatic rings. The van der Waals surface area contributed by atoms with E-state index in [4.69, 9.17) is 0 Å². The van der Waals surface area contributed by atoms with Crippen LogP contribution in [0.5, 0.6) is 0 Å². The summed E-state index contributed by atoms with van der Waals surface area (Å²) in [5.41, 5.74) is 3.84. The lowest BCUT2D eigenvalue weighted by atomic mass is 9.88. The number of amides is 1. The largest absolute Gasteiger partial charge is 0.352 e. The lowest BCUT2D eigenvalue weighted by molar-refractivity contribution is -0.126. The molecule has 2 heterocycles. The molecular weight excluding hydrogens is 382 g/mol. The summed E-state index contributed by atoms with van der Waals surface area (Å²) in [4.78, 5) is 19.1. The number of nitrogens with zero attached hydrogens (tertiary/aromatic N) is 2. The Morgan fingerprint density at radius 2 is 1.48 bits per heavy atom. The zero-order chi connectivity index (χ0) is 21.3. The maximum atomic E-state index is 12.6. The number of likely N-dealkylation sites (tertiary alicyclic amines) is 1. The summed E-state index contributed by atoms with van der Waals surface area (Å²) in [6, 6.07) is 25.5. The minimum Gasteiger partial charge on any atom is -0.352 e. The number of carbonyl (C=O) groups excluding carboxylic acids is 1. The molecule has 160 valence electrons. The van der Waals surface area contributed by atoms with E-state index in [0.29, 0.717) is 12.5 Å². The Labute approximate surface area is 185 Å². The van der Waals surface area contributed by atoms with Crippen LogP contribution in [-0.4, -0.2) is 35.4 Å². The Morgan fingerprint density at radius 3 is 2.06 bits per heavy atom. The van der Waals surface area contributed by atoms with Crippen LogP contribution in [0.2, 0.25) is 0 Å². The smallest absolute Gasteiger partial charge is 0.223 e. The van der Waals surface area contributed by atoms with Crippen molar-refractivity contribution in [1.29, 1.82) is 0 Å². The van der Waals surface area contributed by atoms with Crippen molar-refractivity contribution < 1.29 is 4.79 Å². The van der Waals surface area contributed by atoms with E-state index < -0.39 is 0 Å². The molecule has 4 rings (SSSR count). The van der Waals surface area contributed by atoms with Gasteiger partial charge in [-0.15, -0.1) is 0 Å². The monoisotopic (exact) mass is 413 g/mol. The highest BCUT2D eigenvalue weighted by Crippen LogP contribution is 2.29. The fraction of sp³-hybridized carbons (Fsp3) is 0.333. The van der Waals surface area contributed by atoms with Gasteiger partial charge in [-0.3, -0.25) is 9.78 Å². The van der Waals surface area contributed by atoms with Crippen LogP contribution in [0.1, 0.15) is 41.9 Å². The molecule has 0 unspecified atom stereocenters. The first-order chi connectivity index (χ1) is 15.3. The van der Waals surface area contributed by atoms with Crippen LogP contribution in [0.4, 0.5) is 0 Å². The maximum Gasteiger partial charge on any atom is 0.223 e. The Bertz CT molecular complexity index is 883. The van der Waals surface area contributed by atoms with Gasteiger partial charge in [-0.1, -0.05) is 60.7 Å². The van der Waals surface area contributed by atoms with Crippen molar-refractivity contribution in [2.45, 2.75) is 31.7 Å². The van der Waals surface area contributed by atoms with Gasteiger partial charge in [0, 0.05) is 30.8 Å². The first-order valence-corrected chi connectivity index (χ1v) is 11.3. The van der Waals surface area contributed by atoms with E-state index in [2.05, 4.69) is 75.9 Å². The fourth-order valence-corrected chi connectivity index (χ4v) is 4.46. The van der Waals surface area contributed by atoms with E-state index in [-0.39, 0.29) is 11.8 Å². The summed E-state index contributed by atoms with van der Waals surface area (Å²) < 4.78 is 0. The third-order valence-corrected chi connectivity index (χ3v) is 6.31. The molecular formula is C27H31N3O. The van der Waals surface area contributed by atoms with Crippen molar-refractivity contribution >= 4 is 5.91 Å². The SMILES string of the molecule is O=C(NCc1ccncc1)C1CCN(CCC(c2ccccc2)c2ccccc2)CC1. The van der Waals surface area contributed by atoms with Gasteiger partial charge in [-0.2, -0.15) is 0 Å². The van der Waals surface area contributed by atoms with Crippen molar-refractivity contribution in [3.63, 3.8) is 0 Å². The Kier molecular flexibility index (Phi) is 7.46. The van der Waals surface area contributed by atoms with E-state index in [0.717, 1.165) is 44.5 Å². The summed E-state index contributed by atoms with van der Waals surface area (Å²) in [6.45, 7) is 3.62. The van der Waals surface area contributed by atoms with Gasteiger partial charge in [0.1, 0.15) is 0 Å². The molecule has 1 fully saturated rings. The normalized spacial score (nSPS) is 15.1. The van der Waals surface area contributed by atoms with Gasteiger partial charge < -0.3 is 10.2 Å². The van der Waals surface area contributed by atoms with Crippen LogP contribution in [0.25, 0.3) is 0 Å². The third kappa shape index (κ3) is 6.02. The van der Waals surface area contributed by atoms with Gasteiger partial charge in [0.15, 0.2) is 0 Å². The molecule has 1 aliphatic heterocycles. The first kappa shape index (κ1) is 21.3. The summed E-state index contributed by atoms with van der Waals surface area (Å²) >= 11 is 0. The maximum absolute atomic E-state index is 12.6. The molecule has 1 amide bonds. The summed E-state index contributed by atoms with van der Waals surface area (Å²) in [5.74, 6) is 0.712. The van der Waals surface area contributed by atoms with Crippen molar-refractivity contribution in [1.82, 2.24) is 15.2 Å². The van der Waals surface area contributed by atoms with Crippen LogP contribution in [0.15, 0.2) is 85.2 Å². The predicted octanol–water partition coefficient (Wildman–Crippen LogP) is 4.63. The summed E-state index contributed by atoms with van der Waals surface area (Å²) in [7, 11) is 0. The number of carbonyl (C=O) groups is 1. The van der Waals surface area contributed by atoms with Gasteiger partial charge in [0.25, 0.3) is 0 Å². The van der Waals surface area contributed by atoms with Gasteiger partial charge in [0.2, 0.25) is 5.91 Å². The number of aromatic nitrogens is 1. The van der Waals surface area contributed by atoms with Crippen LogP contribution < -0.4 is 5.32 Å². The molecule has 0 spiro atoms. The molecule has 1 saturated heterocycles. The topological polar surface area (TPSA) is 45.2 Å². The van der Waals surface area contributed by atoms with Crippen LogP contribution in [-0.2, 0) is 11.3 Å². The molecule has 31 heavy (non-hydrogen) atoms. The molecule has 2 aromatic carbocycles. The number of nitrogens with one attached hydrogen (secondary N) is 1. The lowest BCUT2D eigenvalue weighted by Gasteiger charge is -2.32. The second-order valence-corrected chi connectivity index (χ2v) is 8.35. The van der Waals surface area contributed by atoms with Gasteiger partial charge in [-0.25, -0.2) is 0 Å². The average molecular weight is 414 g/mol. The Balaban J connectivity index is 1.27. The number of hydrogen-bond donors (Lipinski definition) is 1. The highest BCUT2D eigenvalue weighted by molar-refractivity contribution is 5.78. The lowest BCUT2D eigenvalue weighted by Crippen LogP contribution is -2.40. The first-order valence-electron chi connectivity index (χ1n) is 11.3. The Morgan fingerprint density at radius 1 is 0.903 bits per heavy atom. The molecule has 0 atom stereocenters. The predicted molar refractivity (Wildman–Crippen MR) is 125 cm³/mol. The van der Waals surface area contributed by atoms with Crippen LogP contribution in [0.3, 0.4) is 0 Å². The van der Waals surface area contributed by atoms with Crippen molar-refractivity contribution in [2.75, 3.05) is 19.6 Å². The molecule has 1 aromatic heterocycles. The molecule has 4 nitrogen and oxygen atoms in total. The van der Waals surface area contributed by atoms with Crippen molar-refractivity contribution in [3.05, 3.63) is 102 Å². The zero-order valence-electron chi connectivity index (χ0n) is 18.0. The zero-order valence-corrected chi connectivity index (χ0v) is 18.0. The molecule has 0 bridgehead atoms. The fourth-order valence-electron chi connectivity index (χ4n) is 4.46. The average Bonchev–Trinajstić information content (AvgIpc) is 2.85. The highest BCUT2D eigenvalue weighted by Gasteiger charge is 2.25. The number of piperidine rings is 1. The van der Waals surface area contributed by atoms with Crippen LogP contribution >= 0.6 is 0 Å². The van der Waals surface area contributed by atoms with Gasteiger partial charge in [0.05, 0.1) is 0 Å². The molecule has 1 aliphatic rings. The van der Waals surface area contributed by atoms with E-state index in [1.165, 1.54) is 11.1 Å². The molecule has 0 saturated carbocycles. The minimum atomic E-state index is 0.122. The highest BCUT2D eigenvalue weighted by atomic mass is 16.1. The number of hydrogen-bond acceptors (Lipinski definition) is 3. The number of benzene rings is 2. The van der Waals surface area contributed by atoms with E-state index >= 15 is 0 Å². The van der Waals surface area contributed by atoms with Gasteiger partial charge in [-0.05, 0) is 67.7 Å². The molecule has 0 radical (unpaired) electrons. The van der Waals surface area contributed by atoms with Crippen molar-refractivity contribution in [2.24, 2.45) is 5.92 Å². The number of pyridine rings is 1. The molecule has 4 heteroatoms. The second-order valence-electron chi connectivity index (χ2n) is 8.35. The third-order valence-electron chi connectivity index (χ3n) is 6.31. The van der Waals surface area contributed by atoms with E-state index in [1.807, 2.05) is 12.1 Å². The van der Waals surface area contributed by atoms with Crippen molar-refractivity contribution in [3.8, 4) is 0 Å². The van der Waals surface area contributed by atoms with Crippen LogP contribution in [0, 0.1) is 5.92 Å². The standard InChI is InChI=1S/C27H31N3O/c31-27(29-21-22-11-16-28-17-12-22)25-13-18-30(19-14-25)20-15-26(23-7-3-1-4-8-23)24-9-5-2-6-10-24/h1-12,16-17,25-26H,13-15,18-21H2,(H,29,31). The van der Waals surface area contributed by atoms with E-state index in [1.54, 1.807) is 12.4 Å². The Hall–Kier alpha value is -2.98.